The SMILES string of the molecule is CC(=O)Cc1cc(Cl)ccn1.CCc1[nH]c(=O)c(-c2cc(Cl)ccc2F)cc1N.CCc1[nH]c(=O)c(-c2cc(Cl)ccc2F)cc1Nc1ccnc(CC(C)=O)c1. The summed E-state index contributed by atoms with van der Waals surface area (Å²) in [7, 11) is 0. The van der Waals surface area contributed by atoms with Crippen molar-refractivity contribution in [1.82, 2.24) is 19.9 Å². The highest BCUT2D eigenvalue weighted by Crippen LogP contribution is 2.29. The van der Waals surface area contributed by atoms with Crippen LogP contribution in [-0.4, -0.2) is 31.5 Å². The maximum Gasteiger partial charge on any atom is 0.256 e. The number of pyridine rings is 4. The predicted molar refractivity (Wildman–Crippen MR) is 224 cm³/mol. The van der Waals surface area contributed by atoms with E-state index in [4.69, 9.17) is 40.5 Å². The summed E-state index contributed by atoms with van der Waals surface area (Å²) in [5, 5.41) is 4.56. The van der Waals surface area contributed by atoms with Gasteiger partial charge in [0, 0.05) is 79.9 Å². The highest BCUT2D eigenvalue weighted by molar-refractivity contribution is 6.31. The van der Waals surface area contributed by atoms with Crippen LogP contribution in [0.5, 0.6) is 0 Å². The van der Waals surface area contributed by atoms with Crippen LogP contribution in [0, 0.1) is 11.6 Å². The minimum Gasteiger partial charge on any atom is -0.397 e. The van der Waals surface area contributed by atoms with Crippen molar-refractivity contribution in [3.8, 4) is 22.3 Å². The van der Waals surface area contributed by atoms with E-state index >= 15 is 0 Å². The number of rotatable bonds is 10. The van der Waals surface area contributed by atoms with E-state index in [0.29, 0.717) is 68.5 Å². The molecule has 0 fully saturated rings. The first-order valence-electron chi connectivity index (χ1n) is 17.6. The summed E-state index contributed by atoms with van der Waals surface area (Å²) in [6, 6.07) is 18.1. The third-order valence-corrected chi connectivity index (χ3v) is 8.86. The van der Waals surface area contributed by atoms with E-state index in [2.05, 4.69) is 25.3 Å². The van der Waals surface area contributed by atoms with Gasteiger partial charge in [0.1, 0.15) is 23.2 Å². The highest BCUT2D eigenvalue weighted by atomic mass is 35.5. The maximum absolute atomic E-state index is 14.3. The lowest BCUT2D eigenvalue weighted by Gasteiger charge is -2.14. The quantitative estimate of drug-likeness (QED) is 0.106. The number of halogens is 5. The molecule has 0 unspecified atom stereocenters. The average Bonchev–Trinajstić information content (AvgIpc) is 3.15. The zero-order valence-electron chi connectivity index (χ0n) is 31.4. The summed E-state index contributed by atoms with van der Waals surface area (Å²) in [5.41, 5.74) is 10.2. The molecule has 2 aromatic carbocycles. The smallest absolute Gasteiger partial charge is 0.256 e. The van der Waals surface area contributed by atoms with Crippen molar-refractivity contribution < 1.29 is 18.4 Å². The molecule has 0 saturated carbocycles. The van der Waals surface area contributed by atoms with Gasteiger partial charge in [0.2, 0.25) is 0 Å². The molecule has 0 radical (unpaired) electrons. The molecular formula is C42H39Cl3F2N6O4. The third-order valence-electron chi connectivity index (χ3n) is 8.16. The summed E-state index contributed by atoms with van der Waals surface area (Å²) in [4.78, 5) is 60.0. The number of nitrogens with one attached hydrogen (secondary N) is 3. The maximum atomic E-state index is 14.3. The summed E-state index contributed by atoms with van der Waals surface area (Å²) >= 11 is 17.5. The zero-order chi connectivity index (χ0) is 41.8. The van der Waals surface area contributed by atoms with Crippen LogP contribution in [-0.2, 0) is 35.3 Å². The van der Waals surface area contributed by atoms with Crippen molar-refractivity contribution in [3.63, 3.8) is 0 Å². The zero-order valence-corrected chi connectivity index (χ0v) is 33.7. The number of anilines is 3. The molecule has 6 aromatic rings. The first-order chi connectivity index (χ1) is 27.1. The Labute approximate surface area is 342 Å². The van der Waals surface area contributed by atoms with Crippen LogP contribution in [0.25, 0.3) is 22.3 Å². The van der Waals surface area contributed by atoms with Gasteiger partial charge >= 0.3 is 0 Å². The molecule has 0 atom stereocenters. The van der Waals surface area contributed by atoms with Gasteiger partial charge in [-0.1, -0.05) is 48.7 Å². The lowest BCUT2D eigenvalue weighted by atomic mass is 10.0. The molecule has 5 N–H and O–H groups in total. The number of hydrogen-bond donors (Lipinski definition) is 4. The number of hydrogen-bond acceptors (Lipinski definition) is 8. The van der Waals surface area contributed by atoms with Gasteiger partial charge in [0.25, 0.3) is 11.1 Å². The number of nitrogens with zero attached hydrogens (tertiary/aromatic N) is 2. The number of nitrogens with two attached hydrogens (primary N) is 1. The summed E-state index contributed by atoms with van der Waals surface area (Å²) in [5.74, 6) is -0.923. The van der Waals surface area contributed by atoms with Crippen LogP contribution in [0.15, 0.2) is 94.8 Å². The molecule has 57 heavy (non-hydrogen) atoms. The lowest BCUT2D eigenvalue weighted by molar-refractivity contribution is -0.117. The fraction of sp³-hybridized carbons (Fsp3) is 0.190. The summed E-state index contributed by atoms with van der Waals surface area (Å²) in [6.45, 7) is 6.82. The Morgan fingerprint density at radius 2 is 1.12 bits per heavy atom. The van der Waals surface area contributed by atoms with E-state index in [9.17, 15) is 28.0 Å². The number of nitrogen functional groups attached to an aromatic ring is 1. The molecule has 0 aliphatic carbocycles. The molecule has 15 heteroatoms. The molecular weight excluding hydrogens is 797 g/mol. The molecule has 4 aromatic heterocycles. The number of H-pyrrole nitrogens is 2. The van der Waals surface area contributed by atoms with Crippen LogP contribution in [0.2, 0.25) is 15.1 Å². The monoisotopic (exact) mass is 834 g/mol. The van der Waals surface area contributed by atoms with Crippen LogP contribution >= 0.6 is 34.8 Å². The number of carbonyl (C=O) groups excluding carboxylic acids is 2. The van der Waals surface area contributed by atoms with Gasteiger partial charge in [-0.25, -0.2) is 8.78 Å². The van der Waals surface area contributed by atoms with E-state index in [1.165, 1.54) is 56.3 Å². The second-order valence-corrected chi connectivity index (χ2v) is 14.0. The third kappa shape index (κ3) is 12.7. The number of benzene rings is 2. The standard InChI is InChI=1S/C21H19ClFN3O2.C13H12ClFN2O.C8H8ClNO/c1-3-19-20(25-14-6-7-24-15(10-14)8-12(2)27)11-17(21(28)26-19)16-9-13(22)4-5-18(16)23;1-2-12-11(16)6-9(13(18)17-12)8-5-7(14)3-4-10(8)15;1-6(11)4-8-5-7(9)2-3-10-8/h4-7,9-11H,3,8H2,1-2H3,(H,24,25)(H,26,28);3-6H,2,16H2,1H3,(H,17,18);2-3,5H,4H2,1H3. The van der Waals surface area contributed by atoms with Gasteiger partial charge in [-0.15, -0.1) is 0 Å². The van der Waals surface area contributed by atoms with Gasteiger partial charge in [-0.2, -0.15) is 0 Å². The average molecular weight is 836 g/mol. The Morgan fingerprint density at radius 1 is 0.649 bits per heavy atom. The first kappa shape index (κ1) is 44.0. The fourth-order valence-electron chi connectivity index (χ4n) is 5.51. The number of carbonyl (C=O) groups is 2. The predicted octanol–water partition coefficient (Wildman–Crippen LogP) is 9.51. The van der Waals surface area contributed by atoms with E-state index < -0.39 is 17.2 Å². The number of aryl methyl sites for hydroxylation is 2. The van der Waals surface area contributed by atoms with Crippen LogP contribution in [0.3, 0.4) is 0 Å². The molecule has 0 aliphatic rings. The van der Waals surface area contributed by atoms with Crippen molar-refractivity contribution in [1.29, 1.82) is 0 Å². The van der Waals surface area contributed by atoms with E-state index in [0.717, 1.165) is 5.69 Å². The molecule has 6 rings (SSSR count). The largest absolute Gasteiger partial charge is 0.397 e. The summed E-state index contributed by atoms with van der Waals surface area (Å²) in [6.07, 6.45) is 4.98. The molecule has 296 valence electrons. The van der Waals surface area contributed by atoms with Crippen LogP contribution < -0.4 is 22.2 Å². The normalized spacial score (nSPS) is 10.5. The van der Waals surface area contributed by atoms with E-state index in [1.807, 2.05) is 13.8 Å². The molecule has 0 amide bonds. The Hall–Kier alpha value is -5.69. The van der Waals surface area contributed by atoms with Crippen molar-refractivity contribution in [2.24, 2.45) is 0 Å². The molecule has 0 saturated heterocycles. The van der Waals surface area contributed by atoms with Crippen molar-refractivity contribution >= 4 is 63.4 Å². The van der Waals surface area contributed by atoms with Crippen LogP contribution in [0.4, 0.5) is 25.8 Å². The Balaban J connectivity index is 0.000000211. The number of Topliss-reactive ketones (excluding diaryl/α,β-unsaturated/α-hetero) is 2. The Morgan fingerprint density at radius 3 is 1.63 bits per heavy atom. The minimum atomic E-state index is -0.530. The topological polar surface area (TPSA) is 164 Å². The Kier molecular flexibility index (Phi) is 15.8. The minimum absolute atomic E-state index is 0.0154. The molecule has 0 bridgehead atoms. The fourth-order valence-corrected chi connectivity index (χ4v) is 6.03. The first-order valence-corrected chi connectivity index (χ1v) is 18.7. The highest BCUT2D eigenvalue weighted by Gasteiger charge is 2.15. The number of aromatic nitrogens is 4. The second kappa shape index (κ2) is 20.5. The van der Waals surface area contributed by atoms with Gasteiger partial charge in [0.05, 0.1) is 22.5 Å². The van der Waals surface area contributed by atoms with Gasteiger partial charge in [-0.05, 0) is 99.5 Å². The molecule has 10 nitrogen and oxygen atoms in total. The lowest BCUT2D eigenvalue weighted by Crippen LogP contribution is -2.14. The van der Waals surface area contributed by atoms with Gasteiger partial charge in [0.15, 0.2) is 0 Å². The molecule has 4 heterocycles. The van der Waals surface area contributed by atoms with Gasteiger partial charge in [-0.3, -0.25) is 29.1 Å². The Bertz CT molecular complexity index is 2530. The molecule has 0 spiro atoms. The van der Waals surface area contributed by atoms with E-state index in [1.54, 1.807) is 42.7 Å². The molecule has 0 aliphatic heterocycles. The van der Waals surface area contributed by atoms with Crippen molar-refractivity contribution in [3.05, 3.63) is 155 Å². The van der Waals surface area contributed by atoms with Crippen molar-refractivity contribution in [2.75, 3.05) is 11.1 Å². The number of aromatic amines is 2. The van der Waals surface area contributed by atoms with E-state index in [-0.39, 0.29) is 45.8 Å². The number of ketones is 2. The summed E-state index contributed by atoms with van der Waals surface area (Å²) < 4.78 is 28.0. The van der Waals surface area contributed by atoms with Gasteiger partial charge < -0.3 is 21.0 Å². The second-order valence-electron chi connectivity index (χ2n) is 12.7. The van der Waals surface area contributed by atoms with Crippen molar-refractivity contribution in [2.45, 2.75) is 53.4 Å². The van der Waals surface area contributed by atoms with Crippen LogP contribution in [0.1, 0.15) is 50.5 Å².